The van der Waals surface area contributed by atoms with Gasteiger partial charge in [0.2, 0.25) is 6.39 Å². The molecule has 2 aromatic rings. The van der Waals surface area contributed by atoms with E-state index in [0.717, 1.165) is 17.8 Å². The van der Waals surface area contributed by atoms with Crippen molar-refractivity contribution in [3.63, 3.8) is 0 Å². The van der Waals surface area contributed by atoms with Crippen LogP contribution in [0.25, 0.3) is 0 Å². The van der Waals surface area contributed by atoms with Crippen molar-refractivity contribution in [3.8, 4) is 0 Å². The second-order valence-electron chi connectivity index (χ2n) is 4.41. The van der Waals surface area contributed by atoms with E-state index in [0.29, 0.717) is 24.4 Å². The molecule has 1 amide bonds. The minimum Gasteiger partial charge on any atom is -0.385 e. The third kappa shape index (κ3) is 3.57. The van der Waals surface area contributed by atoms with Crippen molar-refractivity contribution >= 4 is 11.6 Å². The number of carbonyl (C=O) groups excluding carboxylic acids is 1. The highest BCUT2D eigenvalue weighted by Crippen LogP contribution is 2.16. The monoisotopic (exact) mass is 274 g/mol. The summed E-state index contributed by atoms with van der Waals surface area (Å²) in [5.74, 6) is 0.489. The molecule has 106 valence electrons. The summed E-state index contributed by atoms with van der Waals surface area (Å²) in [6.45, 7) is 5.36. The second-order valence-corrected chi connectivity index (χ2v) is 4.41. The first-order valence-corrected chi connectivity index (χ1v) is 6.58. The lowest BCUT2D eigenvalue weighted by molar-refractivity contribution is 0.0954. The quantitative estimate of drug-likeness (QED) is 0.839. The first kappa shape index (κ1) is 14.0. The SMILES string of the molecule is CCNc1ccc(C(=O)NCCc2ncon2)cc1C. The molecule has 0 aliphatic carbocycles. The van der Waals surface area contributed by atoms with Gasteiger partial charge in [0.25, 0.3) is 5.91 Å². The van der Waals surface area contributed by atoms with E-state index in [1.54, 1.807) is 0 Å². The first-order chi connectivity index (χ1) is 9.70. The number of benzene rings is 1. The Morgan fingerprint density at radius 1 is 1.40 bits per heavy atom. The number of amides is 1. The first-order valence-electron chi connectivity index (χ1n) is 6.58. The summed E-state index contributed by atoms with van der Waals surface area (Å²) in [5.41, 5.74) is 2.76. The minimum atomic E-state index is -0.0976. The Morgan fingerprint density at radius 3 is 2.90 bits per heavy atom. The fraction of sp³-hybridized carbons (Fsp3) is 0.357. The molecule has 0 saturated carbocycles. The van der Waals surface area contributed by atoms with E-state index in [2.05, 4.69) is 25.3 Å². The van der Waals surface area contributed by atoms with Gasteiger partial charge in [-0.2, -0.15) is 4.98 Å². The zero-order chi connectivity index (χ0) is 14.4. The number of rotatable bonds is 6. The van der Waals surface area contributed by atoms with E-state index in [9.17, 15) is 4.79 Å². The molecule has 20 heavy (non-hydrogen) atoms. The molecule has 0 radical (unpaired) electrons. The zero-order valence-electron chi connectivity index (χ0n) is 11.6. The molecule has 0 saturated heterocycles. The van der Waals surface area contributed by atoms with Gasteiger partial charge in [0.1, 0.15) is 0 Å². The maximum Gasteiger partial charge on any atom is 0.251 e. The molecule has 0 bridgehead atoms. The molecule has 0 aliphatic rings. The average molecular weight is 274 g/mol. The van der Waals surface area contributed by atoms with Crippen LogP contribution in [0.5, 0.6) is 0 Å². The van der Waals surface area contributed by atoms with Crippen LogP contribution in [-0.2, 0) is 6.42 Å². The summed E-state index contributed by atoms with van der Waals surface area (Å²) < 4.78 is 4.63. The van der Waals surface area contributed by atoms with Gasteiger partial charge in [-0.15, -0.1) is 0 Å². The highest BCUT2D eigenvalue weighted by atomic mass is 16.5. The third-order valence-electron chi connectivity index (χ3n) is 2.90. The van der Waals surface area contributed by atoms with Gasteiger partial charge in [-0.25, -0.2) is 0 Å². The Balaban J connectivity index is 1.90. The van der Waals surface area contributed by atoms with Gasteiger partial charge in [-0.05, 0) is 37.6 Å². The van der Waals surface area contributed by atoms with Gasteiger partial charge in [0.15, 0.2) is 5.82 Å². The van der Waals surface area contributed by atoms with Crippen molar-refractivity contribution in [3.05, 3.63) is 41.5 Å². The topological polar surface area (TPSA) is 80.0 Å². The van der Waals surface area contributed by atoms with E-state index in [4.69, 9.17) is 0 Å². The fourth-order valence-electron chi connectivity index (χ4n) is 1.89. The number of carbonyl (C=O) groups is 1. The molecule has 1 aromatic carbocycles. The lowest BCUT2D eigenvalue weighted by atomic mass is 10.1. The van der Waals surface area contributed by atoms with Crippen LogP contribution in [0, 0.1) is 6.92 Å². The van der Waals surface area contributed by atoms with Gasteiger partial charge >= 0.3 is 0 Å². The molecule has 1 heterocycles. The Bertz CT molecular complexity index is 567. The van der Waals surface area contributed by atoms with Crippen LogP contribution in [0.1, 0.15) is 28.7 Å². The molecule has 1 aromatic heterocycles. The normalized spacial score (nSPS) is 10.3. The number of aromatic nitrogens is 2. The molecule has 2 rings (SSSR count). The van der Waals surface area contributed by atoms with E-state index in [-0.39, 0.29) is 5.91 Å². The number of aryl methyl sites for hydroxylation is 1. The fourth-order valence-corrected chi connectivity index (χ4v) is 1.89. The molecule has 6 nitrogen and oxygen atoms in total. The van der Waals surface area contributed by atoms with Gasteiger partial charge in [-0.3, -0.25) is 4.79 Å². The van der Waals surface area contributed by atoms with Gasteiger partial charge in [0, 0.05) is 30.8 Å². The summed E-state index contributed by atoms with van der Waals surface area (Å²) in [7, 11) is 0. The van der Waals surface area contributed by atoms with Crippen molar-refractivity contribution in [1.29, 1.82) is 0 Å². The molecule has 0 unspecified atom stereocenters. The second kappa shape index (κ2) is 6.70. The number of anilines is 1. The Labute approximate surface area is 117 Å². The Kier molecular flexibility index (Phi) is 4.70. The summed E-state index contributed by atoms with van der Waals surface area (Å²) in [4.78, 5) is 15.9. The molecule has 0 fully saturated rings. The van der Waals surface area contributed by atoms with Crippen molar-refractivity contribution < 1.29 is 9.32 Å². The number of hydrogen-bond donors (Lipinski definition) is 2. The smallest absolute Gasteiger partial charge is 0.251 e. The number of nitrogens with one attached hydrogen (secondary N) is 2. The predicted octanol–water partition coefficient (Wildman–Crippen LogP) is 1.78. The van der Waals surface area contributed by atoms with Crippen LogP contribution in [0.3, 0.4) is 0 Å². The van der Waals surface area contributed by atoms with Crippen molar-refractivity contribution in [2.24, 2.45) is 0 Å². The Hall–Kier alpha value is -2.37. The van der Waals surface area contributed by atoms with Crippen LogP contribution in [-0.4, -0.2) is 29.1 Å². The van der Waals surface area contributed by atoms with Crippen molar-refractivity contribution in [2.45, 2.75) is 20.3 Å². The highest BCUT2D eigenvalue weighted by molar-refractivity contribution is 5.94. The van der Waals surface area contributed by atoms with Crippen molar-refractivity contribution in [2.75, 3.05) is 18.4 Å². The van der Waals surface area contributed by atoms with Crippen LogP contribution in [0.2, 0.25) is 0 Å². The van der Waals surface area contributed by atoms with E-state index in [1.807, 2.05) is 32.0 Å². The van der Waals surface area contributed by atoms with Gasteiger partial charge in [-0.1, -0.05) is 5.16 Å². The summed E-state index contributed by atoms with van der Waals surface area (Å²) in [6.07, 6.45) is 1.83. The summed E-state index contributed by atoms with van der Waals surface area (Å²) in [5, 5.41) is 9.77. The molecule has 0 spiro atoms. The van der Waals surface area contributed by atoms with Crippen LogP contribution in [0.4, 0.5) is 5.69 Å². The maximum atomic E-state index is 12.0. The predicted molar refractivity (Wildman–Crippen MR) is 75.7 cm³/mol. The number of hydrogen-bond acceptors (Lipinski definition) is 5. The zero-order valence-corrected chi connectivity index (χ0v) is 11.6. The summed E-state index contributed by atoms with van der Waals surface area (Å²) in [6, 6.07) is 5.61. The van der Waals surface area contributed by atoms with Crippen molar-refractivity contribution in [1.82, 2.24) is 15.5 Å². The minimum absolute atomic E-state index is 0.0976. The standard InChI is InChI=1S/C14H18N4O2/c1-3-15-12-5-4-11(8-10(12)2)14(19)16-7-6-13-17-9-20-18-13/h4-5,8-9,15H,3,6-7H2,1-2H3,(H,16,19). The largest absolute Gasteiger partial charge is 0.385 e. The lowest BCUT2D eigenvalue weighted by Gasteiger charge is -2.09. The number of nitrogens with zero attached hydrogens (tertiary/aromatic N) is 2. The van der Waals surface area contributed by atoms with E-state index in [1.165, 1.54) is 6.39 Å². The lowest BCUT2D eigenvalue weighted by Crippen LogP contribution is -2.26. The summed E-state index contributed by atoms with van der Waals surface area (Å²) >= 11 is 0. The molecule has 6 heteroatoms. The van der Waals surface area contributed by atoms with Crippen LogP contribution >= 0.6 is 0 Å². The van der Waals surface area contributed by atoms with E-state index < -0.39 is 0 Å². The molecular weight excluding hydrogens is 256 g/mol. The molecule has 0 aliphatic heterocycles. The Morgan fingerprint density at radius 2 is 2.25 bits per heavy atom. The highest BCUT2D eigenvalue weighted by Gasteiger charge is 2.07. The maximum absolute atomic E-state index is 12.0. The molecular formula is C14H18N4O2. The van der Waals surface area contributed by atoms with Gasteiger partial charge in [0.05, 0.1) is 0 Å². The third-order valence-corrected chi connectivity index (χ3v) is 2.90. The van der Waals surface area contributed by atoms with Gasteiger partial charge < -0.3 is 15.2 Å². The molecule has 2 N–H and O–H groups in total. The van der Waals surface area contributed by atoms with Crippen LogP contribution in [0.15, 0.2) is 29.1 Å². The van der Waals surface area contributed by atoms with E-state index >= 15 is 0 Å². The average Bonchev–Trinajstić information content (AvgIpc) is 2.94. The molecule has 0 atom stereocenters. The van der Waals surface area contributed by atoms with Crippen LogP contribution < -0.4 is 10.6 Å².